The number of carbonyl (C=O) groups is 1. The normalized spacial score (nSPS) is 13.2. The number of fused-ring (bicyclic) bond motifs is 1. The molecule has 1 aliphatic heterocycles. The van der Waals surface area contributed by atoms with Gasteiger partial charge >= 0.3 is 0 Å². The molecule has 4 rings (SSSR count). The minimum Gasteiger partial charge on any atom is -0.352 e. The lowest BCUT2D eigenvalue weighted by Gasteiger charge is -2.29. The zero-order chi connectivity index (χ0) is 18.8. The summed E-state index contributed by atoms with van der Waals surface area (Å²) in [6.07, 6.45) is 2.40. The Labute approximate surface area is 163 Å². The van der Waals surface area contributed by atoms with E-state index in [1.54, 1.807) is 12.1 Å². The number of halogens is 1. The SMILES string of the molecule is Cc1ccc(NC(=O)c2cc(N3CCc4ccccc4C3)ncn2)cc1Cl. The van der Waals surface area contributed by atoms with Gasteiger partial charge in [-0.2, -0.15) is 0 Å². The van der Waals surface area contributed by atoms with Crippen LogP contribution in [0.15, 0.2) is 54.9 Å². The summed E-state index contributed by atoms with van der Waals surface area (Å²) in [4.78, 5) is 23.2. The molecule has 0 aliphatic carbocycles. The standard InChI is InChI=1S/C21H19ClN4O/c1-14-6-7-17(10-18(14)22)25-21(27)19-11-20(24-13-23-19)26-9-8-15-4-2-3-5-16(15)12-26/h2-7,10-11,13H,8-9,12H2,1H3,(H,25,27). The number of hydrogen-bond donors (Lipinski definition) is 1. The average molecular weight is 379 g/mol. The molecular weight excluding hydrogens is 360 g/mol. The molecule has 1 aromatic heterocycles. The van der Waals surface area contributed by atoms with Crippen LogP contribution in [0, 0.1) is 6.92 Å². The number of rotatable bonds is 3. The Morgan fingerprint density at radius 1 is 1.11 bits per heavy atom. The van der Waals surface area contributed by atoms with Crippen LogP contribution in [0.1, 0.15) is 27.2 Å². The molecule has 0 saturated heterocycles. The van der Waals surface area contributed by atoms with Crippen molar-refractivity contribution in [3.63, 3.8) is 0 Å². The van der Waals surface area contributed by atoms with Crippen LogP contribution in [0.3, 0.4) is 0 Å². The summed E-state index contributed by atoms with van der Waals surface area (Å²) < 4.78 is 0. The molecule has 0 unspecified atom stereocenters. The van der Waals surface area contributed by atoms with Crippen LogP contribution in [-0.2, 0) is 13.0 Å². The summed E-state index contributed by atoms with van der Waals surface area (Å²) in [5, 5.41) is 3.45. The fourth-order valence-electron chi connectivity index (χ4n) is 3.20. The van der Waals surface area contributed by atoms with Crippen molar-refractivity contribution in [2.24, 2.45) is 0 Å². The average Bonchev–Trinajstić information content (AvgIpc) is 2.70. The fourth-order valence-corrected chi connectivity index (χ4v) is 3.38. The number of amides is 1. The maximum Gasteiger partial charge on any atom is 0.274 e. The van der Waals surface area contributed by atoms with E-state index in [-0.39, 0.29) is 5.91 Å². The van der Waals surface area contributed by atoms with Gasteiger partial charge in [0.1, 0.15) is 17.8 Å². The highest BCUT2D eigenvalue weighted by Crippen LogP contribution is 2.24. The summed E-state index contributed by atoms with van der Waals surface area (Å²) in [6.45, 7) is 3.56. The van der Waals surface area contributed by atoms with Gasteiger partial charge < -0.3 is 10.2 Å². The number of anilines is 2. The summed E-state index contributed by atoms with van der Waals surface area (Å²) >= 11 is 6.13. The molecule has 1 amide bonds. The van der Waals surface area contributed by atoms with Crippen LogP contribution in [0.5, 0.6) is 0 Å². The van der Waals surface area contributed by atoms with Crippen molar-refractivity contribution in [2.75, 3.05) is 16.8 Å². The lowest BCUT2D eigenvalue weighted by atomic mass is 10.00. The Bertz CT molecular complexity index is 1000. The molecule has 1 N–H and O–H groups in total. The molecule has 6 heteroatoms. The van der Waals surface area contributed by atoms with Crippen molar-refractivity contribution in [3.8, 4) is 0 Å². The number of nitrogens with zero attached hydrogens (tertiary/aromatic N) is 3. The number of nitrogens with one attached hydrogen (secondary N) is 1. The van der Waals surface area contributed by atoms with Crippen LogP contribution in [0.4, 0.5) is 11.5 Å². The highest BCUT2D eigenvalue weighted by atomic mass is 35.5. The molecule has 136 valence electrons. The second-order valence-corrected chi connectivity index (χ2v) is 7.03. The molecule has 2 heterocycles. The molecule has 5 nitrogen and oxygen atoms in total. The van der Waals surface area contributed by atoms with Gasteiger partial charge in [0.25, 0.3) is 5.91 Å². The lowest BCUT2D eigenvalue weighted by Crippen LogP contribution is -2.31. The van der Waals surface area contributed by atoms with Gasteiger partial charge in [-0.3, -0.25) is 4.79 Å². The van der Waals surface area contributed by atoms with Gasteiger partial charge in [-0.05, 0) is 42.2 Å². The third kappa shape index (κ3) is 3.78. The number of aryl methyl sites for hydroxylation is 1. The largest absolute Gasteiger partial charge is 0.352 e. The lowest BCUT2D eigenvalue weighted by molar-refractivity contribution is 0.102. The molecule has 0 fully saturated rings. The van der Waals surface area contributed by atoms with Gasteiger partial charge in [-0.25, -0.2) is 9.97 Å². The van der Waals surface area contributed by atoms with Crippen molar-refractivity contribution in [2.45, 2.75) is 19.9 Å². The van der Waals surface area contributed by atoms with Crippen molar-refractivity contribution in [3.05, 3.63) is 82.3 Å². The highest BCUT2D eigenvalue weighted by molar-refractivity contribution is 6.31. The fraction of sp³-hybridized carbons (Fsp3) is 0.190. The van der Waals surface area contributed by atoms with E-state index >= 15 is 0 Å². The zero-order valence-corrected chi connectivity index (χ0v) is 15.7. The molecule has 0 radical (unpaired) electrons. The van der Waals surface area contributed by atoms with Gasteiger partial charge in [0.2, 0.25) is 0 Å². The number of hydrogen-bond acceptors (Lipinski definition) is 4. The molecule has 3 aromatic rings. The van der Waals surface area contributed by atoms with Gasteiger partial charge in [0.05, 0.1) is 0 Å². The van der Waals surface area contributed by atoms with E-state index in [9.17, 15) is 4.79 Å². The summed E-state index contributed by atoms with van der Waals surface area (Å²) in [6, 6.07) is 15.6. The maximum absolute atomic E-state index is 12.6. The summed E-state index contributed by atoms with van der Waals surface area (Å²) in [5.74, 6) is 0.475. The second-order valence-electron chi connectivity index (χ2n) is 6.62. The van der Waals surface area contributed by atoms with Crippen molar-refractivity contribution in [1.82, 2.24) is 9.97 Å². The molecular formula is C21H19ClN4O. The Hall–Kier alpha value is -2.92. The predicted molar refractivity (Wildman–Crippen MR) is 107 cm³/mol. The van der Waals surface area contributed by atoms with Gasteiger partial charge in [-0.1, -0.05) is 41.9 Å². The molecule has 0 bridgehead atoms. The first-order chi connectivity index (χ1) is 13.1. The van der Waals surface area contributed by atoms with Gasteiger partial charge in [0, 0.05) is 29.9 Å². The highest BCUT2D eigenvalue weighted by Gasteiger charge is 2.18. The molecule has 0 spiro atoms. The van der Waals surface area contributed by atoms with Crippen LogP contribution in [-0.4, -0.2) is 22.4 Å². The topological polar surface area (TPSA) is 58.1 Å². The molecule has 2 aromatic carbocycles. The second kappa shape index (κ2) is 7.37. The minimum atomic E-state index is -0.282. The van der Waals surface area contributed by atoms with Crippen LogP contribution in [0.2, 0.25) is 5.02 Å². The first kappa shape index (κ1) is 17.5. The van der Waals surface area contributed by atoms with Gasteiger partial charge in [-0.15, -0.1) is 0 Å². The Kier molecular flexibility index (Phi) is 4.77. The first-order valence-corrected chi connectivity index (χ1v) is 9.19. The molecule has 1 aliphatic rings. The van der Waals surface area contributed by atoms with Crippen molar-refractivity contribution in [1.29, 1.82) is 0 Å². The van der Waals surface area contributed by atoms with Crippen LogP contribution in [0.25, 0.3) is 0 Å². The van der Waals surface area contributed by atoms with E-state index in [0.29, 0.717) is 16.4 Å². The van der Waals surface area contributed by atoms with E-state index in [1.165, 1.54) is 17.5 Å². The van der Waals surface area contributed by atoms with E-state index in [4.69, 9.17) is 11.6 Å². The number of benzene rings is 2. The van der Waals surface area contributed by atoms with Gasteiger partial charge in [0.15, 0.2) is 0 Å². The number of carbonyl (C=O) groups excluding carboxylic acids is 1. The monoisotopic (exact) mass is 378 g/mol. The Balaban J connectivity index is 1.52. The zero-order valence-electron chi connectivity index (χ0n) is 14.9. The number of aromatic nitrogens is 2. The summed E-state index contributed by atoms with van der Waals surface area (Å²) in [7, 11) is 0. The smallest absolute Gasteiger partial charge is 0.274 e. The van der Waals surface area contributed by atoms with Crippen molar-refractivity contribution >= 4 is 29.0 Å². The summed E-state index contributed by atoms with van der Waals surface area (Å²) in [5.41, 5.74) is 4.60. The third-order valence-electron chi connectivity index (χ3n) is 4.77. The van der Waals surface area contributed by atoms with Crippen molar-refractivity contribution < 1.29 is 4.79 Å². The predicted octanol–water partition coefficient (Wildman–Crippen LogP) is 4.25. The molecule has 27 heavy (non-hydrogen) atoms. The quantitative estimate of drug-likeness (QED) is 0.740. The Morgan fingerprint density at radius 2 is 1.93 bits per heavy atom. The maximum atomic E-state index is 12.6. The first-order valence-electron chi connectivity index (χ1n) is 8.81. The van der Waals surface area contributed by atoms with E-state index in [1.807, 2.05) is 25.1 Å². The van der Waals surface area contributed by atoms with E-state index in [2.05, 4.69) is 38.4 Å². The van der Waals surface area contributed by atoms with E-state index < -0.39 is 0 Å². The Morgan fingerprint density at radius 3 is 2.74 bits per heavy atom. The minimum absolute atomic E-state index is 0.282. The van der Waals surface area contributed by atoms with Crippen LogP contribution < -0.4 is 10.2 Å². The third-order valence-corrected chi connectivity index (χ3v) is 5.18. The molecule has 0 saturated carbocycles. The molecule has 0 atom stereocenters. The van der Waals surface area contributed by atoms with E-state index in [0.717, 1.165) is 30.9 Å². The van der Waals surface area contributed by atoms with Crippen LogP contribution >= 0.6 is 11.6 Å².